The van der Waals surface area contributed by atoms with Crippen molar-refractivity contribution in [3.63, 3.8) is 0 Å². The predicted molar refractivity (Wildman–Crippen MR) is 62.9 cm³/mol. The molecule has 2 aromatic carbocycles. The Morgan fingerprint density at radius 1 is 0.667 bits per heavy atom. The average molecular weight is 196 g/mol. The molecular weight excluding hydrogens is 184 g/mol. The lowest BCUT2D eigenvalue weighted by Gasteiger charge is -2.08. The molecular formula is C13H12N2. The second-order valence-corrected chi connectivity index (χ2v) is 3.74. The molecule has 0 bridgehead atoms. The fourth-order valence-corrected chi connectivity index (χ4v) is 1.93. The van der Waals surface area contributed by atoms with Gasteiger partial charge < -0.3 is 10.9 Å². The van der Waals surface area contributed by atoms with Crippen molar-refractivity contribution in [3.05, 3.63) is 59.7 Å². The van der Waals surface area contributed by atoms with Gasteiger partial charge in [0.05, 0.1) is 11.4 Å². The highest BCUT2D eigenvalue weighted by molar-refractivity contribution is 5.64. The third-order valence-corrected chi connectivity index (χ3v) is 2.75. The van der Waals surface area contributed by atoms with E-state index in [1.165, 1.54) is 11.1 Å². The number of hydrogen-bond acceptors (Lipinski definition) is 2. The Morgan fingerprint density at radius 2 is 1.13 bits per heavy atom. The number of hydrogen-bond donors (Lipinski definition) is 2. The van der Waals surface area contributed by atoms with Gasteiger partial charge in [0.2, 0.25) is 0 Å². The second kappa shape index (κ2) is 3.31. The molecule has 0 saturated heterocycles. The van der Waals surface area contributed by atoms with Crippen LogP contribution in [0.4, 0.5) is 11.4 Å². The van der Waals surface area contributed by atoms with Crippen molar-refractivity contribution in [1.82, 2.24) is 0 Å². The lowest BCUT2D eigenvalue weighted by Crippen LogP contribution is -2.07. The Bertz CT molecular complexity index is 446. The Kier molecular flexibility index (Phi) is 1.85. The first kappa shape index (κ1) is 8.36. The molecule has 2 nitrogen and oxygen atoms in total. The second-order valence-electron chi connectivity index (χ2n) is 3.74. The lowest BCUT2D eigenvalue weighted by molar-refractivity contribution is 1.22. The van der Waals surface area contributed by atoms with Crippen molar-refractivity contribution in [1.29, 1.82) is 0 Å². The third-order valence-electron chi connectivity index (χ3n) is 2.75. The Hall–Kier alpha value is -1.96. The van der Waals surface area contributed by atoms with Crippen LogP contribution in [-0.2, 0) is 6.42 Å². The summed E-state index contributed by atoms with van der Waals surface area (Å²) in [4.78, 5) is 0. The van der Waals surface area contributed by atoms with Crippen LogP contribution < -0.4 is 10.9 Å². The molecule has 15 heavy (non-hydrogen) atoms. The van der Waals surface area contributed by atoms with Crippen molar-refractivity contribution in [2.45, 2.75) is 6.42 Å². The van der Waals surface area contributed by atoms with Crippen LogP contribution >= 0.6 is 0 Å². The van der Waals surface area contributed by atoms with Crippen LogP contribution in [0.25, 0.3) is 0 Å². The summed E-state index contributed by atoms with van der Waals surface area (Å²) in [7, 11) is 0. The molecule has 0 aliphatic carbocycles. The molecule has 2 heteroatoms. The quantitative estimate of drug-likeness (QED) is 0.676. The molecule has 1 heterocycles. The lowest BCUT2D eigenvalue weighted by atomic mass is 10.0. The number of rotatable bonds is 0. The maximum Gasteiger partial charge on any atom is 0.0575 e. The normalized spacial score (nSPS) is 12.8. The van der Waals surface area contributed by atoms with Crippen molar-refractivity contribution >= 4 is 11.4 Å². The van der Waals surface area contributed by atoms with E-state index in [1.807, 2.05) is 12.1 Å². The summed E-state index contributed by atoms with van der Waals surface area (Å²) >= 11 is 0. The first-order valence-corrected chi connectivity index (χ1v) is 5.11. The number of anilines is 2. The SMILES string of the molecule is c1ccc2c(c1)Cc1ccccc1NN2. The van der Waals surface area contributed by atoms with Gasteiger partial charge in [-0.3, -0.25) is 0 Å². The van der Waals surface area contributed by atoms with Crippen LogP contribution in [0.5, 0.6) is 0 Å². The first-order chi connectivity index (χ1) is 7.43. The number of hydrazine groups is 1. The van der Waals surface area contributed by atoms with Crippen LogP contribution in [0.2, 0.25) is 0 Å². The van der Waals surface area contributed by atoms with Gasteiger partial charge in [0, 0.05) is 6.42 Å². The number of fused-ring (bicyclic) bond motifs is 2. The van der Waals surface area contributed by atoms with Gasteiger partial charge in [-0.2, -0.15) is 0 Å². The minimum absolute atomic E-state index is 0.979. The van der Waals surface area contributed by atoms with Crippen LogP contribution in [0.15, 0.2) is 48.5 Å². The highest BCUT2D eigenvalue weighted by atomic mass is 15.4. The highest BCUT2D eigenvalue weighted by Crippen LogP contribution is 2.26. The Morgan fingerprint density at radius 3 is 1.67 bits per heavy atom. The van der Waals surface area contributed by atoms with Gasteiger partial charge in [-0.15, -0.1) is 0 Å². The molecule has 0 radical (unpaired) electrons. The van der Waals surface area contributed by atoms with E-state index in [9.17, 15) is 0 Å². The molecule has 0 amide bonds. The van der Waals surface area contributed by atoms with Gasteiger partial charge in [-0.05, 0) is 23.3 Å². The van der Waals surface area contributed by atoms with E-state index in [1.54, 1.807) is 0 Å². The zero-order chi connectivity index (χ0) is 10.1. The zero-order valence-corrected chi connectivity index (χ0v) is 8.33. The molecule has 0 atom stereocenters. The molecule has 0 spiro atoms. The summed E-state index contributed by atoms with van der Waals surface area (Å²) in [6, 6.07) is 16.7. The standard InChI is InChI=1S/C13H12N2/c1-3-7-12-10(5-1)9-11-6-2-4-8-13(11)15-14-12/h1-8,14-15H,9H2. The third kappa shape index (κ3) is 1.44. The van der Waals surface area contributed by atoms with Crippen LogP contribution in [-0.4, -0.2) is 0 Å². The van der Waals surface area contributed by atoms with E-state index in [0.29, 0.717) is 0 Å². The minimum atomic E-state index is 0.979. The van der Waals surface area contributed by atoms with E-state index in [-0.39, 0.29) is 0 Å². The topological polar surface area (TPSA) is 24.1 Å². The molecule has 0 fully saturated rings. The first-order valence-electron chi connectivity index (χ1n) is 5.11. The van der Waals surface area contributed by atoms with E-state index in [0.717, 1.165) is 17.8 Å². The number of nitrogens with one attached hydrogen (secondary N) is 2. The van der Waals surface area contributed by atoms with Crippen LogP contribution in [0.3, 0.4) is 0 Å². The van der Waals surface area contributed by atoms with Crippen LogP contribution in [0, 0.1) is 0 Å². The maximum absolute atomic E-state index is 3.23. The Labute approximate surface area is 88.9 Å². The minimum Gasteiger partial charge on any atom is -0.301 e. The van der Waals surface area contributed by atoms with Gasteiger partial charge >= 0.3 is 0 Å². The monoisotopic (exact) mass is 196 g/mol. The van der Waals surface area contributed by atoms with E-state index in [4.69, 9.17) is 0 Å². The summed E-state index contributed by atoms with van der Waals surface area (Å²) in [6.07, 6.45) is 0.979. The van der Waals surface area contributed by atoms with Gasteiger partial charge in [0.25, 0.3) is 0 Å². The molecule has 3 rings (SSSR count). The van der Waals surface area contributed by atoms with E-state index in [2.05, 4.69) is 47.2 Å². The van der Waals surface area contributed by atoms with Gasteiger partial charge in [-0.1, -0.05) is 36.4 Å². The molecule has 0 saturated carbocycles. The van der Waals surface area contributed by atoms with E-state index >= 15 is 0 Å². The fourth-order valence-electron chi connectivity index (χ4n) is 1.93. The zero-order valence-electron chi connectivity index (χ0n) is 8.33. The van der Waals surface area contributed by atoms with Crippen LogP contribution in [0.1, 0.15) is 11.1 Å². The van der Waals surface area contributed by atoms with Crippen molar-refractivity contribution in [2.75, 3.05) is 10.9 Å². The summed E-state index contributed by atoms with van der Waals surface area (Å²) in [5.74, 6) is 0. The van der Waals surface area contributed by atoms with Crippen molar-refractivity contribution in [2.24, 2.45) is 0 Å². The number of para-hydroxylation sites is 2. The molecule has 0 aromatic heterocycles. The van der Waals surface area contributed by atoms with Gasteiger partial charge in [-0.25, -0.2) is 0 Å². The average Bonchev–Trinajstić information content (AvgIpc) is 2.48. The summed E-state index contributed by atoms with van der Waals surface area (Å²) in [6.45, 7) is 0. The fraction of sp³-hybridized carbons (Fsp3) is 0.0769. The molecule has 2 N–H and O–H groups in total. The maximum atomic E-state index is 3.23. The Balaban J connectivity index is 2.10. The molecule has 2 aromatic rings. The van der Waals surface area contributed by atoms with Crippen molar-refractivity contribution in [3.8, 4) is 0 Å². The van der Waals surface area contributed by atoms with E-state index < -0.39 is 0 Å². The molecule has 1 aliphatic heterocycles. The molecule has 74 valence electrons. The number of benzene rings is 2. The highest BCUT2D eigenvalue weighted by Gasteiger charge is 2.10. The van der Waals surface area contributed by atoms with Gasteiger partial charge in [0.15, 0.2) is 0 Å². The summed E-state index contributed by atoms with van der Waals surface area (Å²) in [5.41, 5.74) is 11.4. The van der Waals surface area contributed by atoms with Crippen molar-refractivity contribution < 1.29 is 0 Å². The smallest absolute Gasteiger partial charge is 0.0575 e. The largest absolute Gasteiger partial charge is 0.301 e. The van der Waals surface area contributed by atoms with Gasteiger partial charge in [0.1, 0.15) is 0 Å². The molecule has 0 unspecified atom stereocenters. The predicted octanol–water partition coefficient (Wildman–Crippen LogP) is 3.03. The summed E-state index contributed by atoms with van der Waals surface area (Å²) in [5, 5.41) is 0. The summed E-state index contributed by atoms with van der Waals surface area (Å²) < 4.78 is 0. The molecule has 1 aliphatic rings.